The van der Waals surface area contributed by atoms with E-state index in [9.17, 15) is 14.4 Å². The predicted molar refractivity (Wildman–Crippen MR) is 115 cm³/mol. The number of benzene rings is 2. The molecule has 0 saturated carbocycles. The van der Waals surface area contributed by atoms with Crippen molar-refractivity contribution in [2.45, 2.75) is 26.3 Å². The molecule has 30 heavy (non-hydrogen) atoms. The van der Waals surface area contributed by atoms with Crippen LogP contribution in [0.25, 0.3) is 11.2 Å². The molecule has 3 rings (SSSR count). The average molecular weight is 431 g/mol. The van der Waals surface area contributed by atoms with Gasteiger partial charge in [-0.3, -0.25) is 4.79 Å². The Kier molecular flexibility index (Phi) is 6.43. The van der Waals surface area contributed by atoms with Gasteiger partial charge in [0.2, 0.25) is 0 Å². The molecule has 0 bridgehead atoms. The van der Waals surface area contributed by atoms with E-state index in [1.807, 2.05) is 31.1 Å². The molecule has 1 aromatic heterocycles. The average Bonchev–Trinajstić information content (AvgIpc) is 2.69. The van der Waals surface area contributed by atoms with Crippen molar-refractivity contribution in [3.63, 3.8) is 0 Å². The zero-order valence-corrected chi connectivity index (χ0v) is 18.0. The lowest BCUT2D eigenvalue weighted by Crippen LogP contribution is -2.31. The second-order valence-electron chi connectivity index (χ2n) is 7.47. The first kappa shape index (κ1) is 21.8. The molecule has 0 saturated heterocycles. The van der Waals surface area contributed by atoms with Crippen molar-refractivity contribution in [1.29, 1.82) is 0 Å². The van der Waals surface area contributed by atoms with Gasteiger partial charge < -0.3 is 19.1 Å². The van der Waals surface area contributed by atoms with Crippen LogP contribution in [0.3, 0.4) is 0 Å². The molecular formula is C22H23ClN2O5. The van der Waals surface area contributed by atoms with Gasteiger partial charge in [0.15, 0.2) is 11.2 Å². The van der Waals surface area contributed by atoms with Gasteiger partial charge in [0.1, 0.15) is 0 Å². The standard InChI is InChI=1S/C22H23ClN2O5/c1-12-11-16(13(2)19-18(12)29-21(27)22(28)30-19)20(26)24-17(9-10-25(3)4)14-5-7-15(23)8-6-14/h5-8,11,17H,9-10H2,1-4H3,(H,24,26). The monoisotopic (exact) mass is 430 g/mol. The zero-order chi connectivity index (χ0) is 22.0. The van der Waals surface area contributed by atoms with Crippen molar-refractivity contribution >= 4 is 28.7 Å². The quantitative estimate of drug-likeness (QED) is 0.602. The summed E-state index contributed by atoms with van der Waals surface area (Å²) in [4.78, 5) is 38.3. The minimum Gasteiger partial charge on any atom is -0.414 e. The highest BCUT2D eigenvalue weighted by molar-refractivity contribution is 6.30. The molecule has 3 aromatic rings. The molecule has 1 heterocycles. The minimum absolute atomic E-state index is 0.0982. The lowest BCUT2D eigenvalue weighted by atomic mass is 10.00. The van der Waals surface area contributed by atoms with Gasteiger partial charge in [-0.1, -0.05) is 23.7 Å². The minimum atomic E-state index is -1.10. The number of amides is 1. The zero-order valence-electron chi connectivity index (χ0n) is 17.2. The van der Waals surface area contributed by atoms with E-state index < -0.39 is 11.3 Å². The predicted octanol–water partition coefficient (Wildman–Crippen LogP) is 3.44. The molecular weight excluding hydrogens is 408 g/mol. The van der Waals surface area contributed by atoms with Crippen molar-refractivity contribution in [1.82, 2.24) is 10.2 Å². The molecule has 0 aliphatic carbocycles. The van der Waals surface area contributed by atoms with Gasteiger partial charge in [0.25, 0.3) is 5.91 Å². The molecule has 1 unspecified atom stereocenters. The molecule has 1 atom stereocenters. The summed E-state index contributed by atoms with van der Waals surface area (Å²) in [7, 11) is 3.93. The Hall–Kier alpha value is -2.90. The summed E-state index contributed by atoms with van der Waals surface area (Å²) >= 11 is 6.00. The molecule has 8 heteroatoms. The van der Waals surface area contributed by atoms with Crippen LogP contribution in [0.4, 0.5) is 0 Å². The fraction of sp³-hybridized carbons (Fsp3) is 0.318. The van der Waals surface area contributed by atoms with Gasteiger partial charge in [-0.2, -0.15) is 0 Å². The van der Waals surface area contributed by atoms with Crippen LogP contribution in [-0.2, 0) is 0 Å². The Morgan fingerprint density at radius 2 is 1.67 bits per heavy atom. The number of fused-ring (bicyclic) bond motifs is 1. The van der Waals surface area contributed by atoms with Crippen LogP contribution in [0.1, 0.15) is 39.5 Å². The van der Waals surface area contributed by atoms with Crippen LogP contribution in [0.15, 0.2) is 48.8 Å². The number of nitrogens with zero attached hydrogens (tertiary/aromatic N) is 1. The van der Waals surface area contributed by atoms with E-state index >= 15 is 0 Å². The van der Waals surface area contributed by atoms with Crippen molar-refractivity contribution in [2.75, 3.05) is 20.6 Å². The van der Waals surface area contributed by atoms with Crippen LogP contribution in [-0.4, -0.2) is 31.4 Å². The van der Waals surface area contributed by atoms with Crippen LogP contribution in [0, 0.1) is 13.8 Å². The third kappa shape index (κ3) is 4.63. The Labute approximate surface area is 178 Å². The SMILES string of the molecule is Cc1cc(C(=O)NC(CCN(C)C)c2ccc(Cl)cc2)c(C)c2oc(=O)c(=O)oc12. The van der Waals surface area contributed by atoms with E-state index in [0.29, 0.717) is 28.1 Å². The Bertz CT molecular complexity index is 1200. The first-order chi connectivity index (χ1) is 14.2. The van der Waals surface area contributed by atoms with Crippen molar-refractivity contribution in [3.05, 3.63) is 78.4 Å². The van der Waals surface area contributed by atoms with Gasteiger partial charge in [-0.25, -0.2) is 9.59 Å². The van der Waals surface area contributed by atoms with Gasteiger partial charge in [-0.05, 0) is 70.2 Å². The summed E-state index contributed by atoms with van der Waals surface area (Å²) in [5, 5.41) is 3.68. The van der Waals surface area contributed by atoms with E-state index in [0.717, 1.165) is 12.1 Å². The van der Waals surface area contributed by atoms with Gasteiger partial charge >= 0.3 is 11.3 Å². The van der Waals surface area contributed by atoms with Crippen molar-refractivity contribution in [3.8, 4) is 0 Å². The maximum atomic E-state index is 13.1. The Morgan fingerprint density at radius 3 is 2.27 bits per heavy atom. The summed E-state index contributed by atoms with van der Waals surface area (Å²) in [6, 6.07) is 8.72. The molecule has 0 aliphatic rings. The van der Waals surface area contributed by atoms with Crippen LogP contribution < -0.4 is 16.6 Å². The normalized spacial score (nSPS) is 12.3. The fourth-order valence-electron chi connectivity index (χ4n) is 3.26. The molecule has 7 nitrogen and oxygen atoms in total. The third-order valence-electron chi connectivity index (χ3n) is 4.91. The lowest BCUT2D eigenvalue weighted by molar-refractivity contribution is 0.0932. The molecule has 158 valence electrons. The molecule has 0 aliphatic heterocycles. The summed E-state index contributed by atoms with van der Waals surface area (Å²) in [6.07, 6.45) is 0.690. The molecule has 0 spiro atoms. The van der Waals surface area contributed by atoms with Gasteiger partial charge in [0.05, 0.1) is 6.04 Å². The molecule has 2 aromatic carbocycles. The van der Waals surface area contributed by atoms with Gasteiger partial charge in [0, 0.05) is 16.1 Å². The Balaban J connectivity index is 1.99. The van der Waals surface area contributed by atoms with E-state index in [4.69, 9.17) is 20.4 Å². The highest BCUT2D eigenvalue weighted by Gasteiger charge is 2.21. The number of halogens is 1. The van der Waals surface area contributed by atoms with E-state index in [2.05, 4.69) is 5.32 Å². The van der Waals surface area contributed by atoms with Crippen molar-refractivity contribution in [2.24, 2.45) is 0 Å². The topological polar surface area (TPSA) is 92.8 Å². The fourth-order valence-corrected chi connectivity index (χ4v) is 3.38. The van der Waals surface area contributed by atoms with Crippen LogP contribution in [0.5, 0.6) is 0 Å². The highest BCUT2D eigenvalue weighted by atomic mass is 35.5. The van der Waals surface area contributed by atoms with Gasteiger partial charge in [-0.15, -0.1) is 0 Å². The number of carbonyl (C=O) groups excluding carboxylic acids is 1. The van der Waals surface area contributed by atoms with E-state index in [-0.39, 0.29) is 23.1 Å². The first-order valence-electron chi connectivity index (χ1n) is 9.46. The number of hydrogen-bond acceptors (Lipinski definition) is 6. The summed E-state index contributed by atoms with van der Waals surface area (Å²) < 4.78 is 10.2. The lowest BCUT2D eigenvalue weighted by Gasteiger charge is -2.22. The second-order valence-corrected chi connectivity index (χ2v) is 7.91. The maximum absolute atomic E-state index is 13.1. The number of nitrogens with one attached hydrogen (secondary N) is 1. The van der Waals surface area contributed by atoms with E-state index in [1.165, 1.54) is 0 Å². The first-order valence-corrected chi connectivity index (χ1v) is 9.84. The van der Waals surface area contributed by atoms with Crippen LogP contribution >= 0.6 is 11.6 Å². The number of carbonyl (C=O) groups is 1. The van der Waals surface area contributed by atoms with Crippen molar-refractivity contribution < 1.29 is 13.6 Å². The number of aryl methyl sites for hydroxylation is 2. The van der Waals surface area contributed by atoms with E-state index in [1.54, 1.807) is 32.0 Å². The highest BCUT2D eigenvalue weighted by Crippen LogP contribution is 2.25. The molecule has 1 amide bonds. The molecule has 1 N–H and O–H groups in total. The summed E-state index contributed by atoms with van der Waals surface area (Å²) in [5.41, 5.74) is 0.315. The Morgan fingerprint density at radius 1 is 1.07 bits per heavy atom. The largest absolute Gasteiger partial charge is 0.423 e. The molecule has 0 radical (unpaired) electrons. The summed E-state index contributed by atoms with van der Waals surface area (Å²) in [5.74, 6) is -0.315. The second kappa shape index (κ2) is 8.85. The summed E-state index contributed by atoms with van der Waals surface area (Å²) in [6.45, 7) is 4.10. The number of hydrogen-bond donors (Lipinski definition) is 1. The number of rotatable bonds is 6. The molecule has 0 fully saturated rings. The maximum Gasteiger partial charge on any atom is 0.423 e. The third-order valence-corrected chi connectivity index (χ3v) is 5.17. The smallest absolute Gasteiger partial charge is 0.414 e. The van der Waals surface area contributed by atoms with Crippen LogP contribution in [0.2, 0.25) is 5.02 Å².